The summed E-state index contributed by atoms with van der Waals surface area (Å²) in [6.45, 7) is 4.32. The highest BCUT2D eigenvalue weighted by atomic mass is 16.5. The molecule has 3 N–H and O–H groups in total. The standard InChI is InChI=1S/C12H20N4O/c1-9(13)6-14-12-15-7-11(8-16-12)10-2-4-17-5-3-10/h7-10H,2-6,13H2,1H3,(H,14,15,16). The van der Waals surface area contributed by atoms with Crippen LogP contribution < -0.4 is 11.1 Å². The Hall–Kier alpha value is -1.20. The molecule has 1 aromatic rings. The molecule has 2 heterocycles. The van der Waals surface area contributed by atoms with Crippen LogP contribution in [-0.2, 0) is 4.74 Å². The average Bonchev–Trinajstić information content (AvgIpc) is 2.38. The molecule has 1 fully saturated rings. The summed E-state index contributed by atoms with van der Waals surface area (Å²) in [5, 5.41) is 3.10. The van der Waals surface area contributed by atoms with Gasteiger partial charge in [-0.05, 0) is 31.2 Å². The van der Waals surface area contributed by atoms with Crippen molar-refractivity contribution in [2.45, 2.75) is 31.7 Å². The zero-order valence-corrected chi connectivity index (χ0v) is 10.2. The third-order valence-corrected chi connectivity index (χ3v) is 2.95. The number of nitrogens with one attached hydrogen (secondary N) is 1. The smallest absolute Gasteiger partial charge is 0.222 e. The molecule has 5 heteroatoms. The van der Waals surface area contributed by atoms with Gasteiger partial charge in [0.1, 0.15) is 0 Å². The highest BCUT2D eigenvalue weighted by Gasteiger charge is 2.16. The lowest BCUT2D eigenvalue weighted by Crippen LogP contribution is -2.26. The minimum Gasteiger partial charge on any atom is -0.381 e. The van der Waals surface area contributed by atoms with Crippen LogP contribution in [0.2, 0.25) is 0 Å². The maximum absolute atomic E-state index is 5.66. The van der Waals surface area contributed by atoms with E-state index in [1.807, 2.05) is 19.3 Å². The Morgan fingerprint density at radius 1 is 1.41 bits per heavy atom. The van der Waals surface area contributed by atoms with Crippen LogP contribution in [0, 0.1) is 0 Å². The molecule has 1 aliphatic heterocycles. The molecule has 0 aromatic carbocycles. The minimum atomic E-state index is 0.105. The van der Waals surface area contributed by atoms with Gasteiger partial charge in [-0.15, -0.1) is 0 Å². The van der Waals surface area contributed by atoms with Gasteiger partial charge in [0.25, 0.3) is 0 Å². The van der Waals surface area contributed by atoms with E-state index in [-0.39, 0.29) is 6.04 Å². The van der Waals surface area contributed by atoms with Crippen LogP contribution in [-0.4, -0.2) is 35.8 Å². The molecule has 1 aromatic heterocycles. The van der Waals surface area contributed by atoms with Gasteiger partial charge in [-0.2, -0.15) is 0 Å². The molecule has 5 nitrogen and oxygen atoms in total. The molecule has 0 spiro atoms. The maximum atomic E-state index is 5.66. The van der Waals surface area contributed by atoms with E-state index in [1.54, 1.807) is 0 Å². The van der Waals surface area contributed by atoms with Crippen molar-refractivity contribution in [1.29, 1.82) is 0 Å². The van der Waals surface area contributed by atoms with E-state index in [0.717, 1.165) is 26.1 Å². The van der Waals surface area contributed by atoms with Gasteiger partial charge in [-0.3, -0.25) is 0 Å². The van der Waals surface area contributed by atoms with Crippen LogP contribution in [0.4, 0.5) is 5.95 Å². The van der Waals surface area contributed by atoms with Gasteiger partial charge >= 0.3 is 0 Å². The van der Waals surface area contributed by atoms with E-state index < -0.39 is 0 Å². The van der Waals surface area contributed by atoms with Crippen molar-refractivity contribution in [3.8, 4) is 0 Å². The zero-order valence-electron chi connectivity index (χ0n) is 10.2. The van der Waals surface area contributed by atoms with E-state index >= 15 is 0 Å². The number of rotatable bonds is 4. The summed E-state index contributed by atoms with van der Waals surface area (Å²) in [5.41, 5.74) is 6.86. The Labute approximate surface area is 102 Å². The summed E-state index contributed by atoms with van der Waals surface area (Å²) in [7, 11) is 0. The Morgan fingerprint density at radius 2 is 2.06 bits per heavy atom. The first-order valence-electron chi connectivity index (χ1n) is 6.15. The first-order chi connectivity index (χ1) is 8.25. The van der Waals surface area contributed by atoms with Gasteiger partial charge in [0.15, 0.2) is 0 Å². The van der Waals surface area contributed by atoms with Gasteiger partial charge in [-0.25, -0.2) is 9.97 Å². The lowest BCUT2D eigenvalue weighted by molar-refractivity contribution is 0.0852. The van der Waals surface area contributed by atoms with Crippen molar-refractivity contribution in [1.82, 2.24) is 9.97 Å². The fraction of sp³-hybridized carbons (Fsp3) is 0.667. The first kappa shape index (κ1) is 12.3. The third kappa shape index (κ3) is 3.64. The second-order valence-electron chi connectivity index (χ2n) is 4.58. The summed E-state index contributed by atoms with van der Waals surface area (Å²) in [6, 6.07) is 0.105. The molecule has 94 valence electrons. The molecule has 0 bridgehead atoms. The summed E-state index contributed by atoms with van der Waals surface area (Å²) in [5.74, 6) is 1.20. The maximum Gasteiger partial charge on any atom is 0.222 e. The van der Waals surface area contributed by atoms with Crippen molar-refractivity contribution in [3.63, 3.8) is 0 Å². The minimum absolute atomic E-state index is 0.105. The van der Waals surface area contributed by atoms with Gasteiger partial charge in [0, 0.05) is 38.2 Å². The monoisotopic (exact) mass is 236 g/mol. The molecule has 0 aliphatic carbocycles. The van der Waals surface area contributed by atoms with E-state index in [9.17, 15) is 0 Å². The molecule has 17 heavy (non-hydrogen) atoms. The predicted molar refractivity (Wildman–Crippen MR) is 67.0 cm³/mol. The van der Waals surface area contributed by atoms with Crippen LogP contribution in [0.3, 0.4) is 0 Å². The molecule has 0 amide bonds. The van der Waals surface area contributed by atoms with Crippen LogP contribution in [0.1, 0.15) is 31.2 Å². The summed E-state index contributed by atoms with van der Waals surface area (Å²) >= 11 is 0. The molecule has 1 unspecified atom stereocenters. The van der Waals surface area contributed by atoms with Crippen molar-refractivity contribution < 1.29 is 4.74 Å². The number of hydrogen-bond acceptors (Lipinski definition) is 5. The Bertz CT molecular complexity index is 333. The van der Waals surface area contributed by atoms with Crippen LogP contribution in [0.5, 0.6) is 0 Å². The van der Waals surface area contributed by atoms with Gasteiger partial charge in [0.2, 0.25) is 5.95 Å². The number of nitrogens with zero attached hydrogens (tertiary/aromatic N) is 2. The molecule has 1 aliphatic rings. The van der Waals surface area contributed by atoms with E-state index in [4.69, 9.17) is 10.5 Å². The SMILES string of the molecule is CC(N)CNc1ncc(C2CCOCC2)cn1. The first-order valence-corrected chi connectivity index (χ1v) is 6.15. The number of ether oxygens (including phenoxy) is 1. The lowest BCUT2D eigenvalue weighted by atomic mass is 9.94. The Balaban J connectivity index is 1.92. The van der Waals surface area contributed by atoms with Gasteiger partial charge in [0.05, 0.1) is 0 Å². The van der Waals surface area contributed by atoms with Crippen molar-refractivity contribution in [2.24, 2.45) is 5.73 Å². The predicted octanol–water partition coefficient (Wildman–Crippen LogP) is 1.13. The van der Waals surface area contributed by atoms with E-state index in [0.29, 0.717) is 18.4 Å². The van der Waals surface area contributed by atoms with E-state index in [2.05, 4.69) is 15.3 Å². The normalized spacial score (nSPS) is 18.9. The summed E-state index contributed by atoms with van der Waals surface area (Å²) in [4.78, 5) is 8.61. The average molecular weight is 236 g/mol. The molecule has 1 saturated heterocycles. The quantitative estimate of drug-likeness (QED) is 0.820. The number of nitrogens with two attached hydrogens (primary N) is 1. The molecular formula is C12H20N4O. The number of hydrogen-bond donors (Lipinski definition) is 2. The largest absolute Gasteiger partial charge is 0.381 e. The van der Waals surface area contributed by atoms with Crippen LogP contribution in [0.25, 0.3) is 0 Å². The Kier molecular flexibility index (Phi) is 4.28. The fourth-order valence-corrected chi connectivity index (χ4v) is 1.92. The number of anilines is 1. The summed E-state index contributed by atoms with van der Waals surface area (Å²) < 4.78 is 5.34. The van der Waals surface area contributed by atoms with Gasteiger partial charge < -0.3 is 15.8 Å². The zero-order chi connectivity index (χ0) is 12.1. The fourth-order valence-electron chi connectivity index (χ4n) is 1.92. The second kappa shape index (κ2) is 5.93. The second-order valence-corrected chi connectivity index (χ2v) is 4.58. The topological polar surface area (TPSA) is 73.1 Å². The lowest BCUT2D eigenvalue weighted by Gasteiger charge is -2.21. The van der Waals surface area contributed by atoms with Crippen LogP contribution in [0.15, 0.2) is 12.4 Å². The van der Waals surface area contributed by atoms with E-state index in [1.165, 1.54) is 5.56 Å². The molecule has 1 atom stereocenters. The highest BCUT2D eigenvalue weighted by Crippen LogP contribution is 2.25. The van der Waals surface area contributed by atoms with Crippen LogP contribution >= 0.6 is 0 Å². The summed E-state index contributed by atoms with van der Waals surface area (Å²) in [6.07, 6.45) is 5.95. The van der Waals surface area contributed by atoms with Crippen molar-refractivity contribution in [3.05, 3.63) is 18.0 Å². The molecule has 0 radical (unpaired) electrons. The van der Waals surface area contributed by atoms with Crippen molar-refractivity contribution in [2.75, 3.05) is 25.1 Å². The third-order valence-electron chi connectivity index (χ3n) is 2.95. The molecular weight excluding hydrogens is 216 g/mol. The molecule has 0 saturated carbocycles. The Morgan fingerprint density at radius 3 is 2.65 bits per heavy atom. The highest BCUT2D eigenvalue weighted by molar-refractivity contribution is 5.26. The number of aromatic nitrogens is 2. The van der Waals surface area contributed by atoms with Crippen molar-refractivity contribution >= 4 is 5.95 Å². The molecule has 2 rings (SSSR count). The van der Waals surface area contributed by atoms with Gasteiger partial charge in [-0.1, -0.05) is 0 Å².